The summed E-state index contributed by atoms with van der Waals surface area (Å²) in [6, 6.07) is 23.9. The van der Waals surface area contributed by atoms with E-state index in [0.29, 0.717) is 24.9 Å². The third kappa shape index (κ3) is 6.93. The Morgan fingerprint density at radius 1 is 1.00 bits per heavy atom. The van der Waals surface area contributed by atoms with Crippen LogP contribution < -0.4 is 10.1 Å². The first kappa shape index (κ1) is 26.7. The number of methoxy groups -OCH3 is 1. The number of fused-ring (bicyclic) bond motifs is 1. The summed E-state index contributed by atoms with van der Waals surface area (Å²) < 4.78 is 10.9. The molecule has 0 saturated carbocycles. The summed E-state index contributed by atoms with van der Waals surface area (Å²) in [6.45, 7) is 7.37. The Balaban J connectivity index is 1.17. The summed E-state index contributed by atoms with van der Waals surface area (Å²) in [7, 11) is 1.67. The predicted molar refractivity (Wildman–Crippen MR) is 152 cm³/mol. The Bertz CT molecular complexity index is 1170. The monoisotopic (exact) mass is 515 g/mol. The Kier molecular flexibility index (Phi) is 9.28. The highest BCUT2D eigenvalue weighted by molar-refractivity contribution is 5.85. The fourth-order valence-electron chi connectivity index (χ4n) is 6.13. The van der Waals surface area contributed by atoms with Gasteiger partial charge >= 0.3 is 0 Å². The quantitative estimate of drug-likeness (QED) is 0.431. The molecule has 2 saturated heterocycles. The number of ether oxygens (including phenoxy) is 2. The number of carbonyl (C=O) groups excluding carboxylic acids is 1. The maximum atomic E-state index is 12.8. The van der Waals surface area contributed by atoms with Crippen LogP contribution in [0.3, 0.4) is 0 Å². The second-order valence-corrected chi connectivity index (χ2v) is 10.6. The zero-order valence-electron chi connectivity index (χ0n) is 22.6. The van der Waals surface area contributed by atoms with Gasteiger partial charge in [0.05, 0.1) is 20.3 Å². The van der Waals surface area contributed by atoms with Crippen LogP contribution in [0.25, 0.3) is 10.8 Å². The maximum absolute atomic E-state index is 12.8. The number of hydrogen-bond donors (Lipinski definition) is 1. The minimum Gasteiger partial charge on any atom is -0.497 e. The van der Waals surface area contributed by atoms with Crippen molar-refractivity contribution in [3.05, 3.63) is 77.9 Å². The van der Waals surface area contributed by atoms with E-state index in [2.05, 4.69) is 69.7 Å². The van der Waals surface area contributed by atoms with Crippen LogP contribution in [-0.4, -0.2) is 74.8 Å². The van der Waals surface area contributed by atoms with E-state index in [1.54, 1.807) is 7.11 Å². The Morgan fingerprint density at radius 3 is 2.61 bits per heavy atom. The highest BCUT2D eigenvalue weighted by Gasteiger charge is 2.34. The van der Waals surface area contributed by atoms with Crippen LogP contribution in [-0.2, 0) is 22.5 Å². The van der Waals surface area contributed by atoms with E-state index in [4.69, 9.17) is 9.47 Å². The summed E-state index contributed by atoms with van der Waals surface area (Å²) in [6.07, 6.45) is 3.47. The molecule has 5 rings (SSSR count). The molecule has 2 atom stereocenters. The standard InChI is InChI=1S/C32H41N3O3/c1-37-29-12-9-25(10-13-29)15-17-33-32(36)14-11-28-24-34(18-16-31(28)35-19-21-38-22-20-35)23-27-7-4-6-26-5-2-3-8-30(26)27/h2-10,12-13,28,31H,11,14-24H2,1H3,(H,33,36)/t28-,31+/m0/s1. The molecule has 6 heteroatoms. The number of nitrogens with one attached hydrogen (secondary N) is 1. The number of carbonyl (C=O) groups is 1. The van der Waals surface area contributed by atoms with Gasteiger partial charge in [-0.2, -0.15) is 0 Å². The van der Waals surface area contributed by atoms with Gasteiger partial charge in [-0.3, -0.25) is 14.6 Å². The molecule has 1 amide bonds. The van der Waals surface area contributed by atoms with Crippen LogP contribution in [0.4, 0.5) is 0 Å². The molecule has 1 N–H and O–H groups in total. The molecular formula is C32H41N3O3. The Labute approximate surface area is 226 Å². The van der Waals surface area contributed by atoms with Gasteiger partial charge in [-0.1, -0.05) is 54.6 Å². The predicted octanol–water partition coefficient (Wildman–Crippen LogP) is 4.51. The van der Waals surface area contributed by atoms with Crippen molar-refractivity contribution in [2.75, 3.05) is 53.0 Å². The van der Waals surface area contributed by atoms with Gasteiger partial charge in [-0.15, -0.1) is 0 Å². The second-order valence-electron chi connectivity index (χ2n) is 10.6. The zero-order valence-corrected chi connectivity index (χ0v) is 22.6. The summed E-state index contributed by atoms with van der Waals surface area (Å²) in [4.78, 5) is 18.0. The molecular weight excluding hydrogens is 474 g/mol. The van der Waals surface area contributed by atoms with E-state index in [1.165, 1.54) is 21.9 Å². The van der Waals surface area contributed by atoms with Gasteiger partial charge < -0.3 is 14.8 Å². The Morgan fingerprint density at radius 2 is 1.79 bits per heavy atom. The highest BCUT2D eigenvalue weighted by Crippen LogP contribution is 2.29. The van der Waals surface area contributed by atoms with Gasteiger partial charge in [0.2, 0.25) is 5.91 Å². The van der Waals surface area contributed by atoms with Gasteiger partial charge in [0.15, 0.2) is 0 Å². The topological polar surface area (TPSA) is 54.0 Å². The van der Waals surface area contributed by atoms with Crippen molar-refractivity contribution in [3.63, 3.8) is 0 Å². The SMILES string of the molecule is COc1ccc(CCNC(=O)CC[C@H]2CN(Cc3cccc4ccccc34)CC[C@H]2N2CCOCC2)cc1. The normalized spacial score (nSPS) is 20.9. The molecule has 3 aromatic rings. The lowest BCUT2D eigenvalue weighted by molar-refractivity contribution is -0.121. The number of nitrogens with zero attached hydrogens (tertiary/aromatic N) is 2. The minimum atomic E-state index is 0.158. The first-order valence-corrected chi connectivity index (χ1v) is 14.1. The van der Waals surface area contributed by atoms with Crippen LogP contribution in [0.5, 0.6) is 5.75 Å². The fourth-order valence-corrected chi connectivity index (χ4v) is 6.13. The lowest BCUT2D eigenvalue weighted by Gasteiger charge is -2.45. The average molecular weight is 516 g/mol. The van der Waals surface area contributed by atoms with E-state index < -0.39 is 0 Å². The van der Waals surface area contributed by atoms with E-state index in [1.807, 2.05) is 12.1 Å². The van der Waals surface area contributed by atoms with Crippen molar-refractivity contribution in [2.24, 2.45) is 5.92 Å². The molecule has 0 aliphatic carbocycles. The molecule has 0 spiro atoms. The molecule has 38 heavy (non-hydrogen) atoms. The number of amides is 1. The zero-order chi connectivity index (χ0) is 26.2. The van der Waals surface area contributed by atoms with Gasteiger partial charge in [0.25, 0.3) is 0 Å². The third-order valence-corrected chi connectivity index (χ3v) is 8.20. The van der Waals surface area contributed by atoms with Crippen molar-refractivity contribution in [3.8, 4) is 5.75 Å². The van der Waals surface area contributed by atoms with Crippen molar-refractivity contribution in [2.45, 2.75) is 38.3 Å². The molecule has 6 nitrogen and oxygen atoms in total. The van der Waals surface area contributed by atoms with Gasteiger partial charge in [-0.25, -0.2) is 0 Å². The number of piperidine rings is 1. The molecule has 2 aliphatic heterocycles. The number of hydrogen-bond acceptors (Lipinski definition) is 5. The van der Waals surface area contributed by atoms with Crippen molar-refractivity contribution < 1.29 is 14.3 Å². The summed E-state index contributed by atoms with van der Waals surface area (Å²) in [5, 5.41) is 5.79. The maximum Gasteiger partial charge on any atom is 0.220 e. The van der Waals surface area contributed by atoms with Crippen molar-refractivity contribution in [1.82, 2.24) is 15.1 Å². The van der Waals surface area contributed by atoms with Crippen LogP contribution >= 0.6 is 0 Å². The highest BCUT2D eigenvalue weighted by atomic mass is 16.5. The van der Waals surface area contributed by atoms with Crippen LogP contribution in [0, 0.1) is 5.92 Å². The summed E-state index contributed by atoms with van der Waals surface area (Å²) >= 11 is 0. The molecule has 2 aliphatic rings. The first-order valence-electron chi connectivity index (χ1n) is 14.1. The molecule has 0 aromatic heterocycles. The smallest absolute Gasteiger partial charge is 0.220 e. The Hall–Kier alpha value is -2.93. The van der Waals surface area contributed by atoms with E-state index in [-0.39, 0.29) is 5.91 Å². The third-order valence-electron chi connectivity index (χ3n) is 8.20. The van der Waals surface area contributed by atoms with Crippen LogP contribution in [0.15, 0.2) is 66.7 Å². The molecule has 202 valence electrons. The van der Waals surface area contributed by atoms with Crippen molar-refractivity contribution >= 4 is 16.7 Å². The van der Waals surface area contributed by atoms with Gasteiger partial charge in [0, 0.05) is 45.2 Å². The molecule has 0 bridgehead atoms. The molecule has 0 radical (unpaired) electrons. The van der Waals surface area contributed by atoms with Gasteiger partial charge in [0.1, 0.15) is 5.75 Å². The summed E-state index contributed by atoms with van der Waals surface area (Å²) in [5.74, 6) is 1.49. The number of benzene rings is 3. The van der Waals surface area contributed by atoms with Crippen molar-refractivity contribution in [1.29, 1.82) is 0 Å². The average Bonchev–Trinajstić information content (AvgIpc) is 2.97. The van der Waals surface area contributed by atoms with E-state index >= 15 is 0 Å². The van der Waals surface area contributed by atoms with Crippen LogP contribution in [0.2, 0.25) is 0 Å². The second kappa shape index (κ2) is 13.2. The van der Waals surface area contributed by atoms with E-state index in [9.17, 15) is 4.79 Å². The summed E-state index contributed by atoms with van der Waals surface area (Å²) in [5.41, 5.74) is 2.60. The largest absolute Gasteiger partial charge is 0.497 e. The van der Waals surface area contributed by atoms with E-state index in [0.717, 1.165) is 70.9 Å². The lowest BCUT2D eigenvalue weighted by Crippen LogP contribution is -2.54. The molecule has 0 unspecified atom stereocenters. The number of likely N-dealkylation sites (tertiary alicyclic amines) is 1. The number of rotatable bonds is 10. The number of morpholine rings is 1. The molecule has 3 aromatic carbocycles. The molecule has 2 fully saturated rings. The van der Waals surface area contributed by atoms with Gasteiger partial charge in [-0.05, 0) is 65.8 Å². The first-order chi connectivity index (χ1) is 18.7. The minimum absolute atomic E-state index is 0.158. The fraction of sp³-hybridized carbons (Fsp3) is 0.469. The van der Waals surface area contributed by atoms with Crippen LogP contribution in [0.1, 0.15) is 30.4 Å². The molecule has 2 heterocycles. The lowest BCUT2D eigenvalue weighted by atomic mass is 9.86.